The maximum absolute atomic E-state index is 15.0. The van der Waals surface area contributed by atoms with Gasteiger partial charge in [0.1, 0.15) is 35.1 Å². The topological polar surface area (TPSA) is 65.5 Å². The SMILES string of the molecule is [C-]#[N+]/C(=C1\C=c2c(c(OC(F)(F)F)c3c(c2SC(F)(F)F)C/C(=C(/C#N)c2c(F)c(F)c(C#N)c(F)c2F)C=3)C1)c1c(F)c(F)c([N+]#[C-])c(F)c1F. The summed E-state index contributed by atoms with van der Waals surface area (Å²) >= 11 is -0.994. The molecule has 0 saturated heterocycles. The lowest BCUT2D eigenvalue weighted by atomic mass is 9.96. The molecule has 3 aromatic rings. The Hall–Kier alpha value is -5.99. The first kappa shape index (κ1) is 37.3. The van der Waals surface area contributed by atoms with Gasteiger partial charge in [0.15, 0.2) is 34.9 Å². The van der Waals surface area contributed by atoms with E-state index in [9.17, 15) is 66.7 Å². The van der Waals surface area contributed by atoms with Crippen molar-refractivity contribution >= 4 is 40.9 Å². The van der Waals surface area contributed by atoms with Crippen LogP contribution in [-0.4, -0.2) is 11.9 Å². The first-order chi connectivity index (χ1) is 24.2. The fraction of sp³-hybridized carbons (Fsp3) is 0.125. The molecule has 3 aromatic carbocycles. The van der Waals surface area contributed by atoms with Gasteiger partial charge >= 0.3 is 11.9 Å². The number of thioether (sulfide) groups is 1. The monoisotopic (exact) mass is 760 g/mol. The average molecular weight is 760 g/mol. The van der Waals surface area contributed by atoms with Crippen LogP contribution in [0.25, 0.3) is 33.1 Å². The number of halogens is 14. The van der Waals surface area contributed by atoms with E-state index in [0.29, 0.717) is 12.2 Å². The Kier molecular flexibility index (Phi) is 9.29. The van der Waals surface area contributed by atoms with E-state index in [1.807, 2.05) is 0 Å². The van der Waals surface area contributed by atoms with Crippen LogP contribution in [0.3, 0.4) is 0 Å². The highest BCUT2D eigenvalue weighted by Crippen LogP contribution is 2.44. The fourth-order valence-electron chi connectivity index (χ4n) is 5.56. The van der Waals surface area contributed by atoms with Crippen molar-refractivity contribution in [3.63, 3.8) is 0 Å². The van der Waals surface area contributed by atoms with Crippen LogP contribution < -0.4 is 15.2 Å². The molecule has 0 radical (unpaired) electrons. The Balaban J connectivity index is 1.89. The van der Waals surface area contributed by atoms with E-state index >= 15 is 0 Å². The molecule has 0 aromatic heterocycles. The van der Waals surface area contributed by atoms with E-state index in [0.717, 1.165) is 6.07 Å². The zero-order chi connectivity index (χ0) is 38.8. The normalized spacial score (nSPS) is 15.3. The Morgan fingerprint density at radius 2 is 1.23 bits per heavy atom. The summed E-state index contributed by atoms with van der Waals surface area (Å²) in [5.41, 5.74) is -18.1. The van der Waals surface area contributed by atoms with Gasteiger partial charge in [-0.1, -0.05) is 6.08 Å². The van der Waals surface area contributed by atoms with Crippen LogP contribution in [0.5, 0.6) is 5.75 Å². The van der Waals surface area contributed by atoms with Crippen molar-refractivity contribution in [2.45, 2.75) is 29.6 Å². The number of allylic oxidation sites excluding steroid dienone is 3. The molecule has 0 saturated carbocycles. The lowest BCUT2D eigenvalue weighted by molar-refractivity contribution is -0.275. The first-order valence-corrected chi connectivity index (χ1v) is 14.2. The molecule has 5 rings (SSSR count). The predicted molar refractivity (Wildman–Crippen MR) is 150 cm³/mol. The minimum atomic E-state index is -5.66. The predicted octanol–water partition coefficient (Wildman–Crippen LogP) is 8.71. The molecule has 0 unspecified atom stereocenters. The third kappa shape index (κ3) is 6.05. The minimum absolute atomic E-state index is 0.493. The van der Waals surface area contributed by atoms with Gasteiger partial charge in [0.05, 0.1) is 29.8 Å². The number of hydrogen-bond acceptors (Lipinski definition) is 4. The Labute approximate surface area is 283 Å². The number of ether oxygens (including phenoxy) is 1. The van der Waals surface area contributed by atoms with Crippen molar-refractivity contribution < 1.29 is 66.2 Å². The maximum Gasteiger partial charge on any atom is 0.573 e. The van der Waals surface area contributed by atoms with E-state index in [1.165, 1.54) is 6.07 Å². The molecule has 0 fully saturated rings. The van der Waals surface area contributed by atoms with Gasteiger partial charge in [0, 0.05) is 22.1 Å². The van der Waals surface area contributed by atoms with Gasteiger partial charge in [0.2, 0.25) is 5.70 Å². The third-order valence-corrected chi connectivity index (χ3v) is 8.46. The lowest BCUT2D eigenvalue weighted by Crippen LogP contribution is -2.28. The van der Waals surface area contributed by atoms with Crippen molar-refractivity contribution in [2.24, 2.45) is 0 Å². The van der Waals surface area contributed by atoms with Gasteiger partial charge in [-0.3, -0.25) is 0 Å². The van der Waals surface area contributed by atoms with E-state index in [1.54, 1.807) is 0 Å². The minimum Gasteiger partial charge on any atom is -0.405 e. The van der Waals surface area contributed by atoms with E-state index in [4.69, 9.17) is 18.4 Å². The van der Waals surface area contributed by atoms with E-state index in [2.05, 4.69) is 14.4 Å². The zero-order valence-corrected chi connectivity index (χ0v) is 25.3. The molecule has 52 heavy (non-hydrogen) atoms. The molecule has 0 bridgehead atoms. The van der Waals surface area contributed by atoms with Gasteiger partial charge in [-0.05, 0) is 46.2 Å². The molecule has 0 spiro atoms. The summed E-state index contributed by atoms with van der Waals surface area (Å²) < 4.78 is 205. The molecule has 0 amide bonds. The average Bonchev–Trinajstić information content (AvgIpc) is 3.70. The Bertz CT molecular complexity index is 2290. The summed E-state index contributed by atoms with van der Waals surface area (Å²) in [7, 11) is 0. The van der Waals surface area contributed by atoms with Crippen molar-refractivity contribution in [3.05, 3.63) is 119 Å². The highest BCUT2D eigenvalue weighted by molar-refractivity contribution is 8.00. The standard InChI is InChI=1S/C32H6F14N4OS/c1-49-27(18-23(37)25(39)28(50-2)26(40)24(18)38)10-5-12-14(6-10)30(52-32(44,45)46)13-4-9(3-11(13)29(12)51-31(41,42)43)15(7-47)17-21(35)19(33)16(8-48)20(34)22(17)36/h3,6H,4-5H2/b15-9-,27-10-. The molecule has 2 aliphatic rings. The number of rotatable bonds is 4. The van der Waals surface area contributed by atoms with Crippen molar-refractivity contribution in [2.75, 3.05) is 0 Å². The quantitative estimate of drug-likeness (QED) is 0.0878. The molecular weight excluding hydrogens is 754 g/mol. The van der Waals surface area contributed by atoms with Crippen LogP contribution in [0.2, 0.25) is 0 Å². The second kappa shape index (κ2) is 13.0. The lowest BCUT2D eigenvalue weighted by Gasteiger charge is -2.17. The van der Waals surface area contributed by atoms with Crippen LogP contribution >= 0.6 is 11.8 Å². The van der Waals surface area contributed by atoms with Crippen LogP contribution in [0.4, 0.5) is 67.2 Å². The summed E-state index contributed by atoms with van der Waals surface area (Å²) in [6.45, 7) is 14.2. The summed E-state index contributed by atoms with van der Waals surface area (Å²) in [6.07, 6.45) is -6.86. The Morgan fingerprint density at radius 3 is 1.69 bits per heavy atom. The number of nitrogens with zero attached hydrogens (tertiary/aromatic N) is 4. The summed E-state index contributed by atoms with van der Waals surface area (Å²) in [5.74, 6) is -19.6. The van der Waals surface area contributed by atoms with Crippen molar-refractivity contribution in [1.29, 1.82) is 10.5 Å². The highest BCUT2D eigenvalue weighted by atomic mass is 32.2. The largest absolute Gasteiger partial charge is 0.573 e. The number of fused-ring (bicyclic) bond motifs is 2. The van der Waals surface area contributed by atoms with Gasteiger partial charge in [-0.15, -0.1) is 13.2 Å². The first-order valence-electron chi connectivity index (χ1n) is 13.4. The number of alkyl halides is 6. The van der Waals surface area contributed by atoms with Crippen LogP contribution in [-0.2, 0) is 12.8 Å². The molecule has 2 aliphatic carbocycles. The summed E-state index contributed by atoms with van der Waals surface area (Å²) in [5, 5.41) is 16.9. The van der Waals surface area contributed by atoms with Gasteiger partial charge in [0.25, 0.3) is 5.69 Å². The molecule has 0 N–H and O–H groups in total. The molecule has 5 nitrogen and oxygen atoms in total. The van der Waals surface area contributed by atoms with Crippen LogP contribution in [0.15, 0.2) is 16.0 Å². The number of hydrogen-bond donors (Lipinski definition) is 0. The Morgan fingerprint density at radius 1 is 0.712 bits per heavy atom. The highest BCUT2D eigenvalue weighted by Gasteiger charge is 2.40. The molecule has 20 heteroatoms. The summed E-state index contributed by atoms with van der Waals surface area (Å²) in [4.78, 5) is 4.11. The maximum atomic E-state index is 15.0. The summed E-state index contributed by atoms with van der Waals surface area (Å²) in [6, 6.07) is 2.05. The zero-order valence-electron chi connectivity index (χ0n) is 24.5. The second-order valence-corrected chi connectivity index (χ2v) is 11.5. The van der Waals surface area contributed by atoms with Gasteiger partial charge < -0.3 is 4.74 Å². The molecule has 0 aliphatic heterocycles. The smallest absolute Gasteiger partial charge is 0.405 e. The molecule has 264 valence electrons. The van der Waals surface area contributed by atoms with Crippen molar-refractivity contribution in [1.82, 2.24) is 0 Å². The molecule has 0 heterocycles. The van der Waals surface area contributed by atoms with Crippen LogP contribution in [0.1, 0.15) is 27.8 Å². The number of nitriles is 2. The molecule has 0 atom stereocenters. The molecular formula is C32H6F14N4OS. The second-order valence-electron chi connectivity index (χ2n) is 10.4. The van der Waals surface area contributed by atoms with Crippen LogP contribution in [0, 0.1) is 82.3 Å². The van der Waals surface area contributed by atoms with E-state index in [-0.39, 0.29) is 0 Å². The van der Waals surface area contributed by atoms with Gasteiger partial charge in [-0.25, -0.2) is 44.8 Å². The fourth-order valence-corrected chi connectivity index (χ4v) is 6.39. The third-order valence-electron chi connectivity index (χ3n) is 7.56. The van der Waals surface area contributed by atoms with Crippen molar-refractivity contribution in [3.8, 4) is 17.9 Å². The number of benzene rings is 3. The van der Waals surface area contributed by atoms with E-state index < -0.39 is 160 Å². The van der Waals surface area contributed by atoms with Gasteiger partial charge in [-0.2, -0.15) is 23.7 Å².